The highest BCUT2D eigenvalue weighted by atomic mass is 35.5. The van der Waals surface area contributed by atoms with Crippen LogP contribution in [0.25, 0.3) is 0 Å². The second-order valence-corrected chi connectivity index (χ2v) is 5.46. The minimum Gasteiger partial charge on any atom is -0.495 e. The van der Waals surface area contributed by atoms with Crippen LogP contribution in [0.5, 0.6) is 11.5 Å². The van der Waals surface area contributed by atoms with Gasteiger partial charge in [-0.05, 0) is 12.1 Å². The summed E-state index contributed by atoms with van der Waals surface area (Å²) in [5, 5.41) is 4.93. The summed E-state index contributed by atoms with van der Waals surface area (Å²) >= 11 is 18.4. The second-order valence-electron chi connectivity index (χ2n) is 4.24. The molecule has 3 nitrogen and oxygen atoms in total. The van der Waals surface area contributed by atoms with Crippen LogP contribution in [0.1, 0.15) is 5.56 Å². The second kappa shape index (κ2) is 7.12. The Labute approximate surface area is 138 Å². The van der Waals surface area contributed by atoms with Gasteiger partial charge >= 0.3 is 0 Å². The molecule has 0 aliphatic carbocycles. The summed E-state index contributed by atoms with van der Waals surface area (Å²) in [5.74, 6) is 1.18. The normalized spacial score (nSPS) is 10.3. The van der Waals surface area contributed by atoms with Gasteiger partial charge in [-0.25, -0.2) is 0 Å². The van der Waals surface area contributed by atoms with Crippen LogP contribution in [0.4, 0.5) is 5.69 Å². The smallest absolute Gasteiger partial charge is 0.143 e. The van der Waals surface area contributed by atoms with Gasteiger partial charge in [0.2, 0.25) is 0 Å². The Kier molecular flexibility index (Phi) is 5.45. The van der Waals surface area contributed by atoms with Crippen LogP contribution in [0.2, 0.25) is 15.1 Å². The van der Waals surface area contributed by atoms with Gasteiger partial charge in [0.25, 0.3) is 0 Å². The van der Waals surface area contributed by atoms with Crippen molar-refractivity contribution in [3.63, 3.8) is 0 Å². The Bertz CT molecular complexity index is 627. The fourth-order valence-corrected chi connectivity index (χ4v) is 2.65. The lowest BCUT2D eigenvalue weighted by Crippen LogP contribution is -2.03. The molecule has 6 heteroatoms. The molecular weight excluding hydrogens is 333 g/mol. The zero-order valence-electron chi connectivity index (χ0n) is 11.5. The largest absolute Gasteiger partial charge is 0.495 e. The first-order valence-electron chi connectivity index (χ1n) is 6.15. The van der Waals surface area contributed by atoms with Gasteiger partial charge in [0.05, 0.1) is 24.9 Å². The van der Waals surface area contributed by atoms with E-state index >= 15 is 0 Å². The third-order valence-electron chi connectivity index (χ3n) is 2.99. The third kappa shape index (κ3) is 3.67. The van der Waals surface area contributed by atoms with Crippen molar-refractivity contribution in [2.75, 3.05) is 19.5 Å². The molecule has 2 aromatic rings. The van der Waals surface area contributed by atoms with Gasteiger partial charge in [-0.2, -0.15) is 0 Å². The Morgan fingerprint density at radius 2 is 1.52 bits per heavy atom. The lowest BCUT2D eigenvalue weighted by atomic mass is 10.2. The molecule has 0 aliphatic heterocycles. The van der Waals surface area contributed by atoms with Gasteiger partial charge in [-0.3, -0.25) is 0 Å². The topological polar surface area (TPSA) is 30.5 Å². The number of benzene rings is 2. The number of halogens is 3. The summed E-state index contributed by atoms with van der Waals surface area (Å²) in [5.41, 5.74) is 1.56. The van der Waals surface area contributed by atoms with Crippen molar-refractivity contribution in [3.8, 4) is 11.5 Å². The quantitative estimate of drug-likeness (QED) is 0.799. The van der Waals surface area contributed by atoms with Crippen LogP contribution in [0.15, 0.2) is 30.3 Å². The lowest BCUT2D eigenvalue weighted by Gasteiger charge is -2.15. The van der Waals surface area contributed by atoms with E-state index in [4.69, 9.17) is 44.3 Å². The molecule has 21 heavy (non-hydrogen) atoms. The first-order chi connectivity index (χ1) is 10.1. The van der Waals surface area contributed by atoms with Gasteiger partial charge in [-0.15, -0.1) is 0 Å². The van der Waals surface area contributed by atoms with E-state index in [0.29, 0.717) is 33.1 Å². The zero-order chi connectivity index (χ0) is 15.4. The summed E-state index contributed by atoms with van der Waals surface area (Å²) in [7, 11) is 3.13. The van der Waals surface area contributed by atoms with E-state index < -0.39 is 0 Å². The molecule has 0 saturated carbocycles. The number of nitrogens with one attached hydrogen (secondary N) is 1. The van der Waals surface area contributed by atoms with Crippen molar-refractivity contribution in [3.05, 3.63) is 51.0 Å². The Hall–Kier alpha value is -1.29. The van der Waals surface area contributed by atoms with Crippen molar-refractivity contribution in [1.29, 1.82) is 0 Å². The minimum atomic E-state index is 0.458. The third-order valence-corrected chi connectivity index (χ3v) is 3.99. The maximum Gasteiger partial charge on any atom is 0.143 e. The molecule has 0 unspecified atom stereocenters. The van der Waals surface area contributed by atoms with Gasteiger partial charge in [0.1, 0.15) is 11.5 Å². The predicted octanol–water partition coefficient (Wildman–Crippen LogP) is 5.28. The molecule has 0 fully saturated rings. The number of anilines is 1. The number of ether oxygens (including phenoxy) is 2. The average Bonchev–Trinajstić information content (AvgIpc) is 2.47. The molecule has 0 spiro atoms. The zero-order valence-corrected chi connectivity index (χ0v) is 13.8. The molecule has 0 saturated heterocycles. The van der Waals surface area contributed by atoms with Gasteiger partial charge in [0.15, 0.2) is 0 Å². The van der Waals surface area contributed by atoms with E-state index in [1.54, 1.807) is 44.6 Å². The molecule has 1 N–H and O–H groups in total. The summed E-state index contributed by atoms with van der Waals surface area (Å²) in [6.45, 7) is 0.458. The van der Waals surface area contributed by atoms with Crippen molar-refractivity contribution in [1.82, 2.24) is 0 Å². The molecule has 0 aliphatic rings. The highest BCUT2D eigenvalue weighted by molar-refractivity contribution is 6.36. The Balaban J connectivity index is 2.27. The molecule has 0 amide bonds. The molecular formula is C15H14Cl3NO2. The predicted molar refractivity (Wildman–Crippen MR) is 88.3 cm³/mol. The molecule has 2 rings (SSSR count). The van der Waals surface area contributed by atoms with Gasteiger partial charge in [0, 0.05) is 34.3 Å². The molecule has 0 aromatic heterocycles. The fourth-order valence-electron chi connectivity index (χ4n) is 1.88. The molecule has 0 atom stereocenters. The van der Waals surface area contributed by atoms with E-state index in [-0.39, 0.29) is 0 Å². The fraction of sp³-hybridized carbons (Fsp3) is 0.200. The summed E-state index contributed by atoms with van der Waals surface area (Å²) in [6.07, 6.45) is 0. The highest BCUT2D eigenvalue weighted by Gasteiger charge is 2.11. The SMILES string of the molecule is COc1cc(NCc2c(Cl)cccc2Cl)c(OC)cc1Cl. The maximum absolute atomic E-state index is 6.15. The summed E-state index contributed by atoms with van der Waals surface area (Å²) < 4.78 is 10.5. The maximum atomic E-state index is 6.15. The van der Waals surface area contributed by atoms with E-state index in [1.807, 2.05) is 0 Å². The van der Waals surface area contributed by atoms with Gasteiger partial charge in [-0.1, -0.05) is 40.9 Å². The van der Waals surface area contributed by atoms with Gasteiger partial charge < -0.3 is 14.8 Å². The number of methoxy groups -OCH3 is 2. The van der Waals surface area contributed by atoms with Crippen LogP contribution < -0.4 is 14.8 Å². The monoisotopic (exact) mass is 345 g/mol. The van der Waals surface area contributed by atoms with Crippen LogP contribution in [-0.4, -0.2) is 14.2 Å². The first-order valence-corrected chi connectivity index (χ1v) is 7.28. The van der Waals surface area contributed by atoms with Crippen LogP contribution in [0.3, 0.4) is 0 Å². The summed E-state index contributed by atoms with van der Waals surface area (Å²) in [6, 6.07) is 8.86. The average molecular weight is 347 g/mol. The lowest BCUT2D eigenvalue weighted by molar-refractivity contribution is 0.404. The minimum absolute atomic E-state index is 0.458. The molecule has 0 heterocycles. The highest BCUT2D eigenvalue weighted by Crippen LogP contribution is 2.36. The Morgan fingerprint density at radius 1 is 0.905 bits per heavy atom. The first kappa shape index (κ1) is 16.1. The number of hydrogen-bond acceptors (Lipinski definition) is 3. The van der Waals surface area contributed by atoms with E-state index in [2.05, 4.69) is 5.32 Å². The van der Waals surface area contributed by atoms with E-state index in [1.165, 1.54) is 0 Å². The van der Waals surface area contributed by atoms with Crippen LogP contribution in [0, 0.1) is 0 Å². The number of hydrogen-bond donors (Lipinski definition) is 1. The molecule has 0 radical (unpaired) electrons. The van der Waals surface area contributed by atoms with Crippen molar-refractivity contribution < 1.29 is 9.47 Å². The van der Waals surface area contributed by atoms with Crippen molar-refractivity contribution >= 4 is 40.5 Å². The van der Waals surface area contributed by atoms with Crippen molar-refractivity contribution in [2.45, 2.75) is 6.54 Å². The number of rotatable bonds is 5. The molecule has 0 bridgehead atoms. The Morgan fingerprint density at radius 3 is 2.10 bits per heavy atom. The van der Waals surface area contributed by atoms with E-state index in [9.17, 15) is 0 Å². The van der Waals surface area contributed by atoms with Crippen LogP contribution >= 0.6 is 34.8 Å². The summed E-state index contributed by atoms with van der Waals surface area (Å²) in [4.78, 5) is 0. The van der Waals surface area contributed by atoms with E-state index in [0.717, 1.165) is 11.3 Å². The van der Waals surface area contributed by atoms with Crippen LogP contribution in [-0.2, 0) is 6.54 Å². The standard InChI is InChI=1S/C15H14Cl3NO2/c1-20-14-7-13(15(21-2)6-12(14)18)19-8-9-10(16)4-3-5-11(9)17/h3-7,19H,8H2,1-2H3. The molecule has 2 aromatic carbocycles. The van der Waals surface area contributed by atoms with Crippen molar-refractivity contribution in [2.24, 2.45) is 0 Å². The molecule has 112 valence electrons.